The molecule has 0 spiro atoms. The molecule has 5 aliphatic rings. The molecule has 7 rings (SSSR count). The quantitative estimate of drug-likeness (QED) is 0.646. The lowest BCUT2D eigenvalue weighted by atomic mass is 9.37. The molecule has 4 bridgehead atoms. The van der Waals surface area contributed by atoms with Crippen molar-refractivity contribution in [1.82, 2.24) is 0 Å². The maximum Gasteiger partial charge on any atom is 0.0159 e. The summed E-state index contributed by atoms with van der Waals surface area (Å²) >= 11 is 0. The largest absolute Gasteiger partial charge is 0.0620 e. The molecule has 22 heavy (non-hydrogen) atoms. The molecule has 2 aromatic carbocycles. The minimum atomic E-state index is 0.533. The van der Waals surface area contributed by atoms with Crippen LogP contribution in [0.2, 0.25) is 0 Å². The molecule has 108 valence electrons. The van der Waals surface area contributed by atoms with Gasteiger partial charge in [-0.3, -0.25) is 0 Å². The maximum atomic E-state index is 2.48. The van der Waals surface area contributed by atoms with Gasteiger partial charge in [0.2, 0.25) is 0 Å². The van der Waals surface area contributed by atoms with E-state index in [1.807, 2.05) is 0 Å². The van der Waals surface area contributed by atoms with E-state index in [0.717, 1.165) is 23.7 Å². The van der Waals surface area contributed by atoms with Gasteiger partial charge in [0.25, 0.3) is 0 Å². The van der Waals surface area contributed by atoms with E-state index in [0.29, 0.717) is 10.8 Å². The Balaban J connectivity index is 1.64. The van der Waals surface area contributed by atoms with Crippen LogP contribution in [0.5, 0.6) is 0 Å². The van der Waals surface area contributed by atoms with E-state index >= 15 is 0 Å². The van der Waals surface area contributed by atoms with Gasteiger partial charge in [0.15, 0.2) is 0 Å². The third kappa shape index (κ3) is 0.751. The lowest BCUT2D eigenvalue weighted by Crippen LogP contribution is -2.63. The summed E-state index contributed by atoms with van der Waals surface area (Å²) in [6.07, 6.45) is 5.93. The van der Waals surface area contributed by atoms with Crippen LogP contribution in [0.1, 0.15) is 59.8 Å². The topological polar surface area (TPSA) is 0 Å². The van der Waals surface area contributed by atoms with Crippen LogP contribution < -0.4 is 0 Å². The van der Waals surface area contributed by atoms with Crippen molar-refractivity contribution in [1.29, 1.82) is 0 Å². The molecule has 3 saturated carbocycles. The summed E-state index contributed by atoms with van der Waals surface area (Å²) in [5, 5.41) is 0. The van der Waals surface area contributed by atoms with Crippen molar-refractivity contribution in [3.8, 4) is 0 Å². The monoisotopic (exact) mass is 284 g/mol. The fourth-order valence-electron chi connectivity index (χ4n) is 8.53. The second-order valence-electron chi connectivity index (χ2n) is 8.46. The lowest BCUT2D eigenvalue weighted by molar-refractivity contribution is 0.0775. The molecule has 0 unspecified atom stereocenters. The van der Waals surface area contributed by atoms with Crippen LogP contribution in [0.25, 0.3) is 0 Å². The van der Waals surface area contributed by atoms with E-state index < -0.39 is 0 Å². The van der Waals surface area contributed by atoms with Gasteiger partial charge in [-0.05, 0) is 71.6 Å². The molecule has 3 fully saturated rings. The highest BCUT2D eigenvalue weighted by atomic mass is 14.9. The number of hydrogen-bond donors (Lipinski definition) is 0. The molecular weight excluding hydrogens is 264 g/mol. The van der Waals surface area contributed by atoms with Gasteiger partial charge < -0.3 is 0 Å². The van der Waals surface area contributed by atoms with Gasteiger partial charge in [0.05, 0.1) is 0 Å². The summed E-state index contributed by atoms with van der Waals surface area (Å²) < 4.78 is 0. The highest BCUT2D eigenvalue weighted by Crippen LogP contribution is 2.88. The number of fused-ring (bicyclic) bond motifs is 8. The smallest absolute Gasteiger partial charge is 0.0159 e. The molecule has 0 saturated heterocycles. The van der Waals surface area contributed by atoms with Crippen molar-refractivity contribution in [3.05, 3.63) is 70.8 Å². The SMILES string of the molecule is c1ccc2c(c1)[C@@H]1C[C@@H]2[C@]23c4ccccc4[C@]12[C@@H]1CC[C@@H]3C1. The fraction of sp³-hybridized carbons (Fsp3) is 0.455. The Morgan fingerprint density at radius 1 is 0.636 bits per heavy atom. The summed E-state index contributed by atoms with van der Waals surface area (Å²) in [5.74, 6) is 3.57. The van der Waals surface area contributed by atoms with E-state index in [-0.39, 0.29) is 0 Å². The van der Waals surface area contributed by atoms with E-state index in [9.17, 15) is 0 Å². The number of rotatable bonds is 0. The Bertz CT molecular complexity index is 781. The third-order valence-corrected chi connectivity index (χ3v) is 8.54. The van der Waals surface area contributed by atoms with Crippen LogP contribution in [0, 0.1) is 11.8 Å². The first kappa shape index (κ1) is 11.0. The first-order chi connectivity index (χ1) is 10.9. The van der Waals surface area contributed by atoms with Gasteiger partial charge in [0.1, 0.15) is 0 Å². The summed E-state index contributed by atoms with van der Waals surface area (Å²) in [5.41, 5.74) is 8.00. The summed E-state index contributed by atoms with van der Waals surface area (Å²) in [6, 6.07) is 19.0. The van der Waals surface area contributed by atoms with Crippen molar-refractivity contribution in [3.63, 3.8) is 0 Å². The highest BCUT2D eigenvalue weighted by Gasteiger charge is 2.84. The van der Waals surface area contributed by atoms with Crippen LogP contribution in [-0.2, 0) is 10.8 Å². The predicted molar refractivity (Wildman–Crippen MR) is 87.2 cm³/mol. The molecule has 0 amide bonds. The Labute approximate surface area is 131 Å². The standard InChI is InChI=1S/C22H20/c1-2-6-16-15(5-1)19-12-20(16)22-14-10-9-13(11-14)21(19,22)17-7-3-4-8-18(17)22/h1-8,13-14,19-20H,9-12H2/t13-,14-,19+,20+,21-,22+/m1/s1. The average molecular weight is 284 g/mol. The van der Waals surface area contributed by atoms with Crippen LogP contribution in [0.15, 0.2) is 48.5 Å². The van der Waals surface area contributed by atoms with Crippen molar-refractivity contribution in [2.45, 2.75) is 48.3 Å². The van der Waals surface area contributed by atoms with E-state index in [4.69, 9.17) is 0 Å². The first-order valence-corrected chi connectivity index (χ1v) is 9.09. The molecule has 5 aliphatic carbocycles. The predicted octanol–water partition coefficient (Wildman–Crippen LogP) is 4.89. The molecule has 0 heterocycles. The molecule has 2 aromatic rings. The van der Waals surface area contributed by atoms with Crippen LogP contribution in [0.4, 0.5) is 0 Å². The summed E-state index contributed by atoms with van der Waals surface area (Å²) in [7, 11) is 0. The van der Waals surface area contributed by atoms with Gasteiger partial charge in [-0.25, -0.2) is 0 Å². The molecule has 0 aliphatic heterocycles. The Morgan fingerprint density at radius 3 is 1.68 bits per heavy atom. The van der Waals surface area contributed by atoms with E-state index in [2.05, 4.69) is 48.5 Å². The lowest BCUT2D eigenvalue weighted by Gasteiger charge is -2.65. The van der Waals surface area contributed by atoms with Crippen LogP contribution in [-0.4, -0.2) is 0 Å². The molecule has 0 nitrogen and oxygen atoms in total. The van der Waals surface area contributed by atoms with Crippen LogP contribution >= 0.6 is 0 Å². The van der Waals surface area contributed by atoms with E-state index in [1.54, 1.807) is 22.3 Å². The molecule has 0 aromatic heterocycles. The van der Waals surface area contributed by atoms with Crippen molar-refractivity contribution in [2.24, 2.45) is 11.8 Å². The zero-order valence-electron chi connectivity index (χ0n) is 12.8. The zero-order chi connectivity index (χ0) is 14.1. The highest BCUT2D eigenvalue weighted by molar-refractivity contribution is 5.70. The van der Waals surface area contributed by atoms with Gasteiger partial charge in [-0.2, -0.15) is 0 Å². The molecule has 0 N–H and O–H groups in total. The number of benzene rings is 2. The number of hydrogen-bond acceptors (Lipinski definition) is 0. The van der Waals surface area contributed by atoms with Crippen molar-refractivity contribution < 1.29 is 0 Å². The van der Waals surface area contributed by atoms with Crippen molar-refractivity contribution in [2.75, 3.05) is 0 Å². The molecule has 6 atom stereocenters. The second kappa shape index (κ2) is 3.07. The van der Waals surface area contributed by atoms with Gasteiger partial charge in [0, 0.05) is 10.8 Å². The van der Waals surface area contributed by atoms with Gasteiger partial charge in [-0.1, -0.05) is 48.5 Å². The summed E-state index contributed by atoms with van der Waals surface area (Å²) in [6.45, 7) is 0. The Kier molecular flexibility index (Phi) is 1.54. The van der Waals surface area contributed by atoms with E-state index in [1.165, 1.54) is 25.7 Å². The Hall–Kier alpha value is -1.56. The van der Waals surface area contributed by atoms with Gasteiger partial charge in [-0.15, -0.1) is 0 Å². The fourth-order valence-corrected chi connectivity index (χ4v) is 8.53. The van der Waals surface area contributed by atoms with Crippen LogP contribution in [0.3, 0.4) is 0 Å². The maximum absolute atomic E-state index is 2.48. The first-order valence-electron chi connectivity index (χ1n) is 9.09. The average Bonchev–Trinajstić information content (AvgIpc) is 3.27. The molecular formula is C22H20. The molecule has 0 heteroatoms. The Morgan fingerprint density at radius 2 is 1.14 bits per heavy atom. The van der Waals surface area contributed by atoms with Gasteiger partial charge >= 0.3 is 0 Å². The minimum Gasteiger partial charge on any atom is -0.0620 e. The third-order valence-electron chi connectivity index (χ3n) is 8.54. The molecule has 0 radical (unpaired) electrons. The normalized spacial score (nSPS) is 47.6. The zero-order valence-corrected chi connectivity index (χ0v) is 12.8. The van der Waals surface area contributed by atoms with Crippen molar-refractivity contribution >= 4 is 0 Å². The second-order valence-corrected chi connectivity index (χ2v) is 8.46. The minimum absolute atomic E-state index is 0.533. The summed E-state index contributed by atoms with van der Waals surface area (Å²) in [4.78, 5) is 0.